The molecule has 4 aromatic rings. The van der Waals surface area contributed by atoms with Crippen molar-refractivity contribution in [1.29, 1.82) is 0 Å². The van der Waals surface area contributed by atoms with E-state index in [1.54, 1.807) is 7.11 Å². The van der Waals surface area contributed by atoms with Crippen molar-refractivity contribution in [3.8, 4) is 5.75 Å². The van der Waals surface area contributed by atoms with Crippen LogP contribution in [-0.4, -0.2) is 13.0 Å². The zero-order valence-electron chi connectivity index (χ0n) is 15.6. The van der Waals surface area contributed by atoms with Crippen LogP contribution in [0.25, 0.3) is 11.0 Å². The predicted molar refractivity (Wildman–Crippen MR) is 109 cm³/mol. The number of carbonyl (C=O) groups is 1. The minimum Gasteiger partial charge on any atom is -0.497 e. The number of carbonyl (C=O) groups excluding carboxylic acids is 1. The van der Waals surface area contributed by atoms with Gasteiger partial charge in [-0.05, 0) is 35.4 Å². The summed E-state index contributed by atoms with van der Waals surface area (Å²) in [5, 5.41) is 4.14. The van der Waals surface area contributed by atoms with Gasteiger partial charge in [-0.2, -0.15) is 0 Å². The van der Waals surface area contributed by atoms with Crippen molar-refractivity contribution in [2.75, 3.05) is 7.11 Å². The minimum atomic E-state index is -0.348. The summed E-state index contributed by atoms with van der Waals surface area (Å²) >= 11 is 0. The van der Waals surface area contributed by atoms with E-state index in [2.05, 4.69) is 5.32 Å². The lowest BCUT2D eigenvalue weighted by Gasteiger charge is -2.17. The van der Waals surface area contributed by atoms with Gasteiger partial charge in [0.1, 0.15) is 23.1 Å². The third kappa shape index (κ3) is 3.91. The van der Waals surface area contributed by atoms with Gasteiger partial charge in [0.2, 0.25) is 5.91 Å². The first-order valence-electron chi connectivity index (χ1n) is 9.18. The Kier molecular flexibility index (Phi) is 5.11. The third-order valence-electron chi connectivity index (χ3n) is 4.69. The van der Waals surface area contributed by atoms with E-state index in [9.17, 15) is 4.79 Å². The van der Waals surface area contributed by atoms with Gasteiger partial charge in [0, 0.05) is 5.39 Å². The summed E-state index contributed by atoms with van der Waals surface area (Å²) in [6.07, 6.45) is 0.285. The van der Waals surface area contributed by atoms with Crippen LogP contribution < -0.4 is 10.1 Å². The van der Waals surface area contributed by atoms with Crippen LogP contribution in [0.3, 0.4) is 0 Å². The lowest BCUT2D eigenvalue weighted by atomic mass is 10.0. The monoisotopic (exact) mass is 371 g/mol. The van der Waals surface area contributed by atoms with E-state index < -0.39 is 0 Å². The summed E-state index contributed by atoms with van der Waals surface area (Å²) in [7, 11) is 1.62. The van der Waals surface area contributed by atoms with Crippen molar-refractivity contribution < 1.29 is 13.9 Å². The van der Waals surface area contributed by atoms with Crippen LogP contribution in [0.1, 0.15) is 22.9 Å². The molecule has 0 spiro atoms. The normalized spacial score (nSPS) is 11.9. The highest BCUT2D eigenvalue weighted by molar-refractivity contribution is 5.81. The Labute approximate surface area is 163 Å². The van der Waals surface area contributed by atoms with Crippen LogP contribution in [0.2, 0.25) is 0 Å². The number of methoxy groups -OCH3 is 1. The molecule has 0 aliphatic rings. The zero-order chi connectivity index (χ0) is 19.3. The first-order valence-corrected chi connectivity index (χ1v) is 9.18. The maximum Gasteiger partial charge on any atom is 0.225 e. The molecule has 4 nitrogen and oxygen atoms in total. The van der Waals surface area contributed by atoms with Gasteiger partial charge in [-0.25, -0.2) is 0 Å². The van der Waals surface area contributed by atoms with Crippen LogP contribution in [0.15, 0.2) is 89.3 Å². The summed E-state index contributed by atoms with van der Waals surface area (Å²) in [4.78, 5) is 12.8. The largest absolute Gasteiger partial charge is 0.497 e. The second-order valence-electron chi connectivity index (χ2n) is 6.62. The summed E-state index contributed by atoms with van der Waals surface area (Å²) in [6.45, 7) is 0. The number of hydrogen-bond donors (Lipinski definition) is 1. The fourth-order valence-electron chi connectivity index (χ4n) is 3.25. The molecular weight excluding hydrogens is 350 g/mol. The standard InChI is InChI=1S/C24H21NO3/c1-27-20-13-11-17(12-14-20)15-23(26)25-24(18-7-3-2-4-8-18)22-16-19-9-5-6-10-21(19)28-22/h2-14,16,24H,15H2,1H3,(H,25,26)/t24-/m1/s1. The molecular formula is C24H21NO3. The average Bonchev–Trinajstić information content (AvgIpc) is 3.17. The molecule has 1 atom stereocenters. The first-order chi connectivity index (χ1) is 13.7. The minimum absolute atomic E-state index is 0.0699. The molecule has 1 heterocycles. The highest BCUT2D eigenvalue weighted by Gasteiger charge is 2.21. The molecule has 1 aromatic heterocycles. The molecule has 4 rings (SSSR count). The number of benzene rings is 3. The molecule has 0 aliphatic heterocycles. The number of amides is 1. The fourth-order valence-corrected chi connectivity index (χ4v) is 3.25. The summed E-state index contributed by atoms with van der Waals surface area (Å²) in [6, 6.07) is 26.9. The lowest BCUT2D eigenvalue weighted by Crippen LogP contribution is -2.30. The summed E-state index contributed by atoms with van der Waals surface area (Å²) < 4.78 is 11.2. The molecule has 4 heteroatoms. The van der Waals surface area contributed by atoms with Gasteiger partial charge < -0.3 is 14.5 Å². The molecule has 0 bridgehead atoms. The van der Waals surface area contributed by atoms with Crippen LogP contribution in [0.4, 0.5) is 0 Å². The smallest absolute Gasteiger partial charge is 0.225 e. The molecule has 0 radical (unpaired) electrons. The first kappa shape index (κ1) is 17.9. The number of furan rings is 1. The second-order valence-corrected chi connectivity index (χ2v) is 6.62. The Bertz CT molecular complexity index is 1030. The van der Waals surface area contributed by atoms with Gasteiger partial charge in [0.25, 0.3) is 0 Å². The molecule has 0 fully saturated rings. The van der Waals surface area contributed by atoms with Crippen molar-refractivity contribution >= 4 is 16.9 Å². The van der Waals surface area contributed by atoms with Gasteiger partial charge in [0.05, 0.1) is 13.5 Å². The van der Waals surface area contributed by atoms with E-state index in [1.807, 2.05) is 84.9 Å². The molecule has 0 saturated carbocycles. The number of ether oxygens (including phenoxy) is 1. The molecule has 3 aromatic carbocycles. The van der Waals surface area contributed by atoms with E-state index in [0.717, 1.165) is 33.6 Å². The predicted octanol–water partition coefficient (Wildman–Crippen LogP) is 4.89. The Balaban J connectivity index is 1.59. The van der Waals surface area contributed by atoms with Crippen LogP contribution in [-0.2, 0) is 11.2 Å². The van der Waals surface area contributed by atoms with Crippen molar-refractivity contribution in [3.05, 3.63) is 102 Å². The van der Waals surface area contributed by atoms with E-state index in [4.69, 9.17) is 9.15 Å². The zero-order valence-corrected chi connectivity index (χ0v) is 15.6. The van der Waals surface area contributed by atoms with Crippen molar-refractivity contribution in [2.24, 2.45) is 0 Å². The summed E-state index contributed by atoms with van der Waals surface area (Å²) in [5.41, 5.74) is 2.71. The molecule has 0 saturated heterocycles. The van der Waals surface area contributed by atoms with Crippen molar-refractivity contribution in [1.82, 2.24) is 5.32 Å². The van der Waals surface area contributed by atoms with Crippen LogP contribution in [0, 0.1) is 0 Å². The van der Waals surface area contributed by atoms with E-state index in [1.165, 1.54) is 0 Å². The van der Waals surface area contributed by atoms with Gasteiger partial charge in [-0.3, -0.25) is 4.79 Å². The van der Waals surface area contributed by atoms with Gasteiger partial charge in [0.15, 0.2) is 0 Å². The number of hydrogen-bond acceptors (Lipinski definition) is 3. The SMILES string of the molecule is COc1ccc(CC(=O)N[C@H](c2ccccc2)c2cc3ccccc3o2)cc1. The topological polar surface area (TPSA) is 51.5 Å². The Morgan fingerprint density at radius 3 is 2.39 bits per heavy atom. The number of para-hydroxylation sites is 1. The molecule has 28 heavy (non-hydrogen) atoms. The van der Waals surface area contributed by atoms with Gasteiger partial charge >= 0.3 is 0 Å². The third-order valence-corrected chi connectivity index (χ3v) is 4.69. The van der Waals surface area contributed by atoms with Crippen molar-refractivity contribution in [2.45, 2.75) is 12.5 Å². The summed E-state index contributed by atoms with van der Waals surface area (Å²) in [5.74, 6) is 1.42. The molecule has 1 N–H and O–H groups in total. The van der Waals surface area contributed by atoms with E-state index >= 15 is 0 Å². The van der Waals surface area contributed by atoms with E-state index in [-0.39, 0.29) is 18.4 Å². The van der Waals surface area contributed by atoms with Gasteiger partial charge in [-0.1, -0.05) is 60.7 Å². The quantitative estimate of drug-likeness (QED) is 0.525. The number of fused-ring (bicyclic) bond motifs is 1. The Hall–Kier alpha value is -3.53. The molecule has 0 aliphatic carbocycles. The second kappa shape index (κ2) is 8.01. The fraction of sp³-hybridized carbons (Fsp3) is 0.125. The maximum atomic E-state index is 12.8. The van der Waals surface area contributed by atoms with Gasteiger partial charge in [-0.15, -0.1) is 0 Å². The maximum absolute atomic E-state index is 12.8. The lowest BCUT2D eigenvalue weighted by molar-refractivity contribution is -0.121. The Morgan fingerprint density at radius 1 is 0.964 bits per heavy atom. The number of nitrogens with one attached hydrogen (secondary N) is 1. The molecule has 1 amide bonds. The number of rotatable bonds is 6. The van der Waals surface area contributed by atoms with Crippen LogP contribution >= 0.6 is 0 Å². The highest BCUT2D eigenvalue weighted by atomic mass is 16.5. The molecule has 0 unspecified atom stereocenters. The van der Waals surface area contributed by atoms with Crippen LogP contribution in [0.5, 0.6) is 5.75 Å². The van der Waals surface area contributed by atoms with Crippen molar-refractivity contribution in [3.63, 3.8) is 0 Å². The highest BCUT2D eigenvalue weighted by Crippen LogP contribution is 2.28. The Morgan fingerprint density at radius 2 is 1.68 bits per heavy atom. The molecule has 140 valence electrons. The van der Waals surface area contributed by atoms with E-state index in [0.29, 0.717) is 0 Å². The average molecular weight is 371 g/mol.